The van der Waals surface area contributed by atoms with Crippen molar-refractivity contribution in [2.45, 2.75) is 47.0 Å². The van der Waals surface area contributed by atoms with Gasteiger partial charge >= 0.3 is 0 Å². The van der Waals surface area contributed by atoms with Gasteiger partial charge in [0, 0.05) is 10.6 Å². The molecule has 0 unspecified atom stereocenters. The van der Waals surface area contributed by atoms with E-state index < -0.39 is 0 Å². The Bertz CT molecular complexity index is 863. The first-order valence-corrected chi connectivity index (χ1v) is 8.50. The zero-order valence-corrected chi connectivity index (χ0v) is 15.8. The number of hydrogen-bond donors (Lipinski definition) is 1. The normalized spacial score (nSPS) is 11.3. The molecule has 128 valence electrons. The zero-order valence-electron chi connectivity index (χ0n) is 15.1. The number of aryl methyl sites for hydroxylation is 1. The molecule has 0 saturated heterocycles. The van der Waals surface area contributed by atoms with Crippen LogP contribution in [0.5, 0.6) is 5.75 Å². The van der Waals surface area contributed by atoms with Crippen LogP contribution in [-0.4, -0.2) is 20.1 Å². The maximum Gasteiger partial charge on any atom is 0.146 e. The predicted octanol–water partition coefficient (Wildman–Crippen LogP) is 5.41. The minimum Gasteiger partial charge on any atom is -0.505 e. The lowest BCUT2D eigenvalue weighted by molar-refractivity contribution is 0.440. The molecule has 0 fully saturated rings. The van der Waals surface area contributed by atoms with Gasteiger partial charge in [-0.25, -0.2) is 0 Å². The second-order valence-corrected chi connectivity index (χ2v) is 6.99. The average Bonchev–Trinajstić information content (AvgIpc) is 2.93. The lowest BCUT2D eigenvalue weighted by Gasteiger charge is -2.22. The topological polar surface area (TPSA) is 50.9 Å². The van der Waals surface area contributed by atoms with Gasteiger partial charge in [0.05, 0.1) is 0 Å². The van der Waals surface area contributed by atoms with Crippen molar-refractivity contribution in [2.24, 2.45) is 0 Å². The van der Waals surface area contributed by atoms with E-state index in [1.54, 1.807) is 12.1 Å². The van der Waals surface area contributed by atoms with Crippen LogP contribution in [0.25, 0.3) is 16.7 Å². The number of fused-ring (bicyclic) bond motifs is 1. The third-order valence-corrected chi connectivity index (χ3v) is 3.84. The van der Waals surface area contributed by atoms with Crippen molar-refractivity contribution in [1.82, 2.24) is 15.0 Å². The number of nitrogens with zero attached hydrogens (tertiary/aromatic N) is 3. The van der Waals surface area contributed by atoms with E-state index in [4.69, 9.17) is 11.6 Å². The molecule has 5 heteroatoms. The molecule has 0 bridgehead atoms. The molecule has 0 aliphatic carbocycles. The average molecular weight is 346 g/mol. The summed E-state index contributed by atoms with van der Waals surface area (Å²) in [4.78, 5) is 1.47. The minimum atomic E-state index is -0.166. The first-order valence-electron chi connectivity index (χ1n) is 8.13. The lowest BCUT2D eigenvalue weighted by Crippen LogP contribution is -2.13. The number of aromatic hydroxyl groups is 1. The van der Waals surface area contributed by atoms with E-state index in [2.05, 4.69) is 31.0 Å². The van der Waals surface area contributed by atoms with Crippen LogP contribution in [0.4, 0.5) is 0 Å². The molecule has 3 rings (SSSR count). The molecular weight excluding hydrogens is 322 g/mol. The minimum absolute atomic E-state index is 0.166. The van der Waals surface area contributed by atoms with Crippen LogP contribution in [0.1, 0.15) is 45.7 Å². The maximum absolute atomic E-state index is 10.7. The van der Waals surface area contributed by atoms with Gasteiger partial charge in [-0.2, -0.15) is 0 Å². The highest BCUT2D eigenvalue weighted by molar-refractivity contribution is 6.31. The zero-order chi connectivity index (χ0) is 18.1. The largest absolute Gasteiger partial charge is 0.505 e. The highest BCUT2D eigenvalue weighted by Gasteiger charge is 2.22. The molecule has 1 heterocycles. The van der Waals surface area contributed by atoms with E-state index in [1.165, 1.54) is 4.80 Å². The number of halogens is 1. The van der Waals surface area contributed by atoms with Gasteiger partial charge < -0.3 is 5.11 Å². The first-order chi connectivity index (χ1) is 11.3. The number of aromatic nitrogens is 3. The molecule has 0 aliphatic heterocycles. The molecule has 3 aromatic rings. The fraction of sp³-hybridized carbons (Fsp3) is 0.368. The Hall–Kier alpha value is -2.07. The monoisotopic (exact) mass is 345 g/mol. The van der Waals surface area contributed by atoms with Gasteiger partial charge in [0.2, 0.25) is 0 Å². The Morgan fingerprint density at radius 1 is 1.00 bits per heavy atom. The van der Waals surface area contributed by atoms with E-state index >= 15 is 0 Å². The number of phenols is 1. The summed E-state index contributed by atoms with van der Waals surface area (Å²) in [5.41, 5.74) is 3.78. The molecule has 1 aromatic heterocycles. The van der Waals surface area contributed by atoms with Crippen molar-refractivity contribution in [3.05, 3.63) is 46.5 Å². The predicted molar refractivity (Wildman–Crippen MR) is 100 cm³/mol. The Labute approximate surface area is 148 Å². The van der Waals surface area contributed by atoms with E-state index in [-0.39, 0.29) is 11.2 Å². The third-order valence-electron chi connectivity index (χ3n) is 3.60. The van der Waals surface area contributed by atoms with Gasteiger partial charge in [-0.3, -0.25) is 0 Å². The van der Waals surface area contributed by atoms with E-state index in [9.17, 15) is 5.11 Å². The van der Waals surface area contributed by atoms with Crippen LogP contribution in [0, 0.1) is 6.92 Å². The van der Waals surface area contributed by atoms with Crippen LogP contribution in [0.15, 0.2) is 30.3 Å². The van der Waals surface area contributed by atoms with Gasteiger partial charge in [0.25, 0.3) is 0 Å². The maximum atomic E-state index is 10.7. The van der Waals surface area contributed by atoms with Crippen molar-refractivity contribution in [3.63, 3.8) is 0 Å². The van der Waals surface area contributed by atoms with E-state index in [0.29, 0.717) is 16.2 Å². The number of hydrogen-bond acceptors (Lipinski definition) is 3. The van der Waals surface area contributed by atoms with Crippen LogP contribution < -0.4 is 0 Å². The summed E-state index contributed by atoms with van der Waals surface area (Å²) < 4.78 is 0. The van der Waals surface area contributed by atoms with E-state index in [0.717, 1.165) is 16.6 Å². The molecule has 0 atom stereocenters. The van der Waals surface area contributed by atoms with Crippen LogP contribution in [0.3, 0.4) is 0 Å². The standard InChI is InChI=1S/C17H18ClN3O.C2H6/c1-10-7-12(17(2,3)4)16(22)15(8-10)21-19-13-6-5-11(18)9-14(13)20-21;1-2/h5-9,22H,1-4H3;1-2H3. The molecule has 0 amide bonds. The molecule has 0 aliphatic rings. The molecular formula is C19H24ClN3O. The van der Waals surface area contributed by atoms with Gasteiger partial charge in [0.15, 0.2) is 0 Å². The Kier molecular flexibility index (Phi) is 5.19. The summed E-state index contributed by atoms with van der Waals surface area (Å²) in [5, 5.41) is 20.1. The van der Waals surface area contributed by atoms with Gasteiger partial charge in [0.1, 0.15) is 22.5 Å². The molecule has 1 N–H and O–H groups in total. The number of benzene rings is 2. The molecule has 0 saturated carbocycles. The summed E-state index contributed by atoms with van der Waals surface area (Å²) in [5.74, 6) is 0.213. The SMILES string of the molecule is CC.Cc1cc(-n2nc3ccc(Cl)cc3n2)c(O)c(C(C)(C)C)c1. The summed E-state index contributed by atoms with van der Waals surface area (Å²) in [6, 6.07) is 9.24. The van der Waals surface area contributed by atoms with Gasteiger partial charge in [-0.15, -0.1) is 15.0 Å². The highest BCUT2D eigenvalue weighted by atomic mass is 35.5. The summed E-state index contributed by atoms with van der Waals surface area (Å²) in [7, 11) is 0. The van der Waals surface area contributed by atoms with Crippen molar-refractivity contribution in [2.75, 3.05) is 0 Å². The molecule has 0 radical (unpaired) electrons. The van der Waals surface area contributed by atoms with Crippen LogP contribution in [0.2, 0.25) is 5.02 Å². The number of phenolic OH excluding ortho intramolecular Hbond substituents is 1. The fourth-order valence-corrected chi connectivity index (χ4v) is 2.65. The Morgan fingerprint density at radius 2 is 1.62 bits per heavy atom. The Morgan fingerprint density at radius 3 is 2.25 bits per heavy atom. The molecule has 4 nitrogen and oxygen atoms in total. The van der Waals surface area contributed by atoms with Gasteiger partial charge in [-0.05, 0) is 42.2 Å². The first kappa shape index (κ1) is 18.3. The molecule has 24 heavy (non-hydrogen) atoms. The summed E-state index contributed by atoms with van der Waals surface area (Å²) >= 11 is 5.99. The van der Waals surface area contributed by atoms with Crippen molar-refractivity contribution in [1.29, 1.82) is 0 Å². The quantitative estimate of drug-likeness (QED) is 0.641. The van der Waals surface area contributed by atoms with Crippen LogP contribution >= 0.6 is 11.6 Å². The van der Waals surface area contributed by atoms with E-state index in [1.807, 2.05) is 39.0 Å². The summed E-state index contributed by atoms with van der Waals surface area (Å²) in [6.45, 7) is 12.2. The highest BCUT2D eigenvalue weighted by Crippen LogP contribution is 2.36. The summed E-state index contributed by atoms with van der Waals surface area (Å²) in [6.07, 6.45) is 0. The second kappa shape index (κ2) is 6.81. The Balaban J connectivity index is 0.00000100. The lowest BCUT2D eigenvalue weighted by atomic mass is 9.85. The number of rotatable bonds is 1. The van der Waals surface area contributed by atoms with Crippen LogP contribution in [-0.2, 0) is 5.41 Å². The second-order valence-electron chi connectivity index (χ2n) is 6.55. The van der Waals surface area contributed by atoms with Gasteiger partial charge in [-0.1, -0.05) is 52.3 Å². The molecule has 0 spiro atoms. The molecule has 2 aromatic carbocycles. The smallest absolute Gasteiger partial charge is 0.146 e. The third kappa shape index (κ3) is 3.54. The van der Waals surface area contributed by atoms with Crippen molar-refractivity contribution >= 4 is 22.6 Å². The van der Waals surface area contributed by atoms with Crippen molar-refractivity contribution in [3.8, 4) is 11.4 Å². The fourth-order valence-electron chi connectivity index (χ4n) is 2.48. The van der Waals surface area contributed by atoms with Crippen molar-refractivity contribution < 1.29 is 5.11 Å².